The van der Waals surface area contributed by atoms with Crippen LogP contribution in [0.25, 0.3) is 0 Å². The molecule has 0 aromatic heterocycles. The topological polar surface area (TPSA) is 69.7 Å². The summed E-state index contributed by atoms with van der Waals surface area (Å²) in [5.74, 6) is -0.725. The molecule has 2 aromatic rings. The quantitative estimate of drug-likeness (QED) is 0.606. The number of rotatable bonds is 4. The van der Waals surface area contributed by atoms with Crippen LogP contribution in [0, 0.1) is 12.7 Å². The summed E-state index contributed by atoms with van der Waals surface area (Å²) in [5.41, 5.74) is 1.20. The first-order valence-corrected chi connectivity index (χ1v) is 13.4. The Kier molecular flexibility index (Phi) is 6.66. The van der Waals surface area contributed by atoms with Gasteiger partial charge in [-0.15, -0.1) is 0 Å². The summed E-state index contributed by atoms with van der Waals surface area (Å²) in [6.07, 6.45) is 1.72. The molecule has 0 saturated carbocycles. The van der Waals surface area contributed by atoms with Gasteiger partial charge in [0, 0.05) is 41.4 Å². The summed E-state index contributed by atoms with van der Waals surface area (Å²) < 4.78 is 42.1. The van der Waals surface area contributed by atoms with E-state index in [-0.39, 0.29) is 33.5 Å². The van der Waals surface area contributed by atoms with Crippen molar-refractivity contribution in [3.63, 3.8) is 0 Å². The fourth-order valence-electron chi connectivity index (χ4n) is 4.82. The van der Waals surface area contributed by atoms with Gasteiger partial charge < -0.3 is 9.80 Å². The Labute approximate surface area is 210 Å². The molecule has 2 heterocycles. The number of hydrogen-bond donors (Lipinski definition) is 1. The fourth-order valence-corrected chi connectivity index (χ4v) is 6.81. The van der Waals surface area contributed by atoms with Gasteiger partial charge in [-0.1, -0.05) is 23.2 Å². The van der Waals surface area contributed by atoms with Gasteiger partial charge >= 0.3 is 0 Å². The number of carbonyl (C=O) groups is 1. The van der Waals surface area contributed by atoms with Gasteiger partial charge in [-0.05, 0) is 76.4 Å². The van der Waals surface area contributed by atoms with Crippen molar-refractivity contribution in [1.29, 1.82) is 0 Å². The van der Waals surface area contributed by atoms with Crippen LogP contribution in [0.2, 0.25) is 10.0 Å². The molecule has 184 valence electrons. The van der Waals surface area contributed by atoms with E-state index in [0.717, 1.165) is 30.2 Å². The molecular formula is C24H28Cl2FN3O3S. The van der Waals surface area contributed by atoms with Crippen LogP contribution in [0.3, 0.4) is 0 Å². The van der Waals surface area contributed by atoms with E-state index in [9.17, 15) is 17.6 Å². The Balaban J connectivity index is 1.64. The number of amides is 1. The SMILES string of the molecule is Cc1c(Cl)cc(S(=O)(=O)NC(C)(C)C)cc1N1C2CCC1CN(C(=O)c1ccc(F)cc1Cl)C2. The maximum atomic E-state index is 13.4. The fraction of sp³-hybridized carbons (Fsp3) is 0.458. The number of hydrogen-bond acceptors (Lipinski definition) is 4. The molecule has 2 aliphatic heterocycles. The zero-order chi connectivity index (χ0) is 25.0. The van der Waals surface area contributed by atoms with Crippen molar-refractivity contribution in [2.24, 2.45) is 0 Å². The van der Waals surface area contributed by atoms with E-state index in [1.807, 2.05) is 6.92 Å². The Morgan fingerprint density at radius 2 is 1.68 bits per heavy atom. The van der Waals surface area contributed by atoms with Crippen LogP contribution in [0.4, 0.5) is 10.1 Å². The molecule has 2 saturated heterocycles. The summed E-state index contributed by atoms with van der Waals surface area (Å²) in [7, 11) is -3.77. The molecular weight excluding hydrogens is 500 g/mol. The molecule has 0 spiro atoms. The predicted molar refractivity (Wildman–Crippen MR) is 133 cm³/mol. The number of piperazine rings is 1. The average Bonchev–Trinajstić information content (AvgIpc) is 2.96. The largest absolute Gasteiger partial charge is 0.362 e. The number of anilines is 1. The minimum Gasteiger partial charge on any atom is -0.362 e. The van der Waals surface area contributed by atoms with Crippen LogP contribution < -0.4 is 9.62 Å². The van der Waals surface area contributed by atoms with Gasteiger partial charge in [-0.2, -0.15) is 0 Å². The Morgan fingerprint density at radius 3 is 2.24 bits per heavy atom. The summed E-state index contributed by atoms with van der Waals surface area (Å²) >= 11 is 12.6. The molecule has 0 aliphatic carbocycles. The van der Waals surface area contributed by atoms with Crippen molar-refractivity contribution >= 4 is 44.8 Å². The smallest absolute Gasteiger partial charge is 0.255 e. The van der Waals surface area contributed by atoms with E-state index in [4.69, 9.17) is 23.2 Å². The van der Waals surface area contributed by atoms with Crippen molar-refractivity contribution in [3.05, 3.63) is 57.3 Å². The molecule has 34 heavy (non-hydrogen) atoms. The molecule has 4 rings (SSSR count). The van der Waals surface area contributed by atoms with Gasteiger partial charge in [-0.25, -0.2) is 17.5 Å². The van der Waals surface area contributed by atoms with Crippen LogP contribution in [0.5, 0.6) is 0 Å². The second-order valence-electron chi connectivity index (χ2n) is 10.0. The molecule has 0 radical (unpaired) electrons. The van der Waals surface area contributed by atoms with Gasteiger partial charge in [0.25, 0.3) is 5.91 Å². The van der Waals surface area contributed by atoms with E-state index in [1.54, 1.807) is 31.7 Å². The van der Waals surface area contributed by atoms with Gasteiger partial charge in [0.2, 0.25) is 10.0 Å². The summed E-state index contributed by atoms with van der Waals surface area (Å²) in [6, 6.07) is 6.95. The third-order valence-electron chi connectivity index (χ3n) is 6.25. The van der Waals surface area contributed by atoms with Gasteiger partial charge in [-0.3, -0.25) is 4.79 Å². The second kappa shape index (κ2) is 8.97. The molecule has 2 atom stereocenters. The first-order chi connectivity index (χ1) is 15.8. The third-order valence-corrected chi connectivity index (χ3v) is 8.69. The average molecular weight is 528 g/mol. The number of fused-ring (bicyclic) bond motifs is 2. The predicted octanol–water partition coefficient (Wildman–Crippen LogP) is 5.01. The number of benzene rings is 2. The highest BCUT2D eigenvalue weighted by molar-refractivity contribution is 7.89. The number of likely N-dealkylation sites (tertiary alicyclic amines) is 1. The minimum absolute atomic E-state index is 0.00483. The van der Waals surface area contributed by atoms with Crippen LogP contribution in [-0.2, 0) is 10.0 Å². The van der Waals surface area contributed by atoms with Gasteiger partial charge in [0.05, 0.1) is 15.5 Å². The van der Waals surface area contributed by atoms with E-state index in [0.29, 0.717) is 18.1 Å². The number of nitrogens with zero attached hydrogens (tertiary/aromatic N) is 2. The van der Waals surface area contributed by atoms with Gasteiger partial charge in [0.1, 0.15) is 5.82 Å². The number of halogens is 3. The lowest BCUT2D eigenvalue weighted by Gasteiger charge is -2.43. The summed E-state index contributed by atoms with van der Waals surface area (Å²) in [4.78, 5) is 17.2. The Hall–Kier alpha value is -1.87. The molecule has 1 amide bonds. The highest BCUT2D eigenvalue weighted by Crippen LogP contribution is 2.40. The summed E-state index contributed by atoms with van der Waals surface area (Å²) in [5, 5.41) is 0.467. The van der Waals surface area contributed by atoms with E-state index in [2.05, 4.69) is 9.62 Å². The van der Waals surface area contributed by atoms with Crippen molar-refractivity contribution < 1.29 is 17.6 Å². The van der Waals surface area contributed by atoms with Crippen LogP contribution in [-0.4, -0.2) is 49.9 Å². The lowest BCUT2D eigenvalue weighted by molar-refractivity contribution is 0.0718. The zero-order valence-corrected chi connectivity index (χ0v) is 21.9. The first-order valence-electron chi connectivity index (χ1n) is 11.1. The second-order valence-corrected chi connectivity index (χ2v) is 12.5. The van der Waals surface area contributed by atoms with Gasteiger partial charge in [0.15, 0.2) is 0 Å². The van der Waals surface area contributed by atoms with Crippen molar-refractivity contribution in [2.75, 3.05) is 18.0 Å². The number of nitrogens with one attached hydrogen (secondary N) is 1. The van der Waals surface area contributed by atoms with E-state index in [1.165, 1.54) is 18.2 Å². The molecule has 1 N–H and O–H groups in total. The summed E-state index contributed by atoms with van der Waals surface area (Å²) in [6.45, 7) is 8.14. The Morgan fingerprint density at radius 1 is 1.06 bits per heavy atom. The van der Waals surface area contributed by atoms with Crippen LogP contribution in [0.1, 0.15) is 49.5 Å². The number of sulfonamides is 1. The molecule has 2 fully saturated rings. The highest BCUT2D eigenvalue weighted by atomic mass is 35.5. The molecule has 6 nitrogen and oxygen atoms in total. The molecule has 2 aromatic carbocycles. The van der Waals surface area contributed by atoms with E-state index < -0.39 is 21.4 Å². The standard InChI is InChI=1S/C24H28Cl2FN3O3S/c1-14-20(25)10-18(34(32,33)28-24(2,3)4)11-22(14)30-16-6-7-17(30)13-29(12-16)23(31)19-8-5-15(27)9-21(19)26/h5,8-11,16-17,28H,6-7,12-13H2,1-4H3. The van der Waals surface area contributed by atoms with Crippen molar-refractivity contribution in [2.45, 2.75) is 63.1 Å². The molecule has 2 aliphatic rings. The molecule has 2 bridgehead atoms. The maximum absolute atomic E-state index is 13.4. The van der Waals surface area contributed by atoms with Crippen LogP contribution >= 0.6 is 23.2 Å². The monoisotopic (exact) mass is 527 g/mol. The maximum Gasteiger partial charge on any atom is 0.255 e. The Bertz CT molecular complexity index is 1230. The number of carbonyl (C=O) groups excluding carboxylic acids is 1. The normalized spacial score (nSPS) is 20.7. The third kappa shape index (κ3) is 4.91. The lowest BCUT2D eigenvalue weighted by Crippen LogP contribution is -2.55. The molecule has 10 heteroatoms. The zero-order valence-electron chi connectivity index (χ0n) is 19.5. The minimum atomic E-state index is -3.77. The van der Waals surface area contributed by atoms with Crippen LogP contribution in [0.15, 0.2) is 35.2 Å². The highest BCUT2D eigenvalue weighted by Gasteiger charge is 2.43. The van der Waals surface area contributed by atoms with Crippen molar-refractivity contribution in [3.8, 4) is 0 Å². The first kappa shape index (κ1) is 25.2. The lowest BCUT2D eigenvalue weighted by atomic mass is 10.1. The van der Waals surface area contributed by atoms with Crippen molar-refractivity contribution in [1.82, 2.24) is 9.62 Å². The van der Waals surface area contributed by atoms with E-state index >= 15 is 0 Å². The molecule has 2 unspecified atom stereocenters.